The first kappa shape index (κ1) is 6.87. The Hall–Kier alpha value is -1.13. The standard InChI is InChI=1S/C3H5FN2O2/c1-2(7)5-3(8)6-4/h1H3,(H2,5,6,7,8). The SMILES string of the molecule is CC(=O)NC(=O)NF. The van der Waals surface area contributed by atoms with Gasteiger partial charge in [-0.05, 0) is 0 Å². The highest BCUT2D eigenvalue weighted by Crippen LogP contribution is 1.62. The van der Waals surface area contributed by atoms with Crippen LogP contribution in [0.3, 0.4) is 0 Å². The highest BCUT2D eigenvalue weighted by molar-refractivity contribution is 5.92. The van der Waals surface area contributed by atoms with E-state index < -0.39 is 11.9 Å². The van der Waals surface area contributed by atoms with E-state index in [0.29, 0.717) is 0 Å². The van der Waals surface area contributed by atoms with E-state index in [4.69, 9.17) is 0 Å². The van der Waals surface area contributed by atoms with Crippen LogP contribution in [-0.2, 0) is 4.79 Å². The maximum atomic E-state index is 10.9. The molecule has 0 spiro atoms. The third-order valence-electron chi connectivity index (χ3n) is 0.375. The van der Waals surface area contributed by atoms with Crippen LogP contribution < -0.4 is 10.9 Å². The van der Waals surface area contributed by atoms with Crippen molar-refractivity contribution in [2.45, 2.75) is 6.92 Å². The fourth-order valence-corrected chi connectivity index (χ4v) is 0.184. The molecule has 0 bridgehead atoms. The second-order valence-electron chi connectivity index (χ2n) is 1.10. The molecule has 0 unspecified atom stereocenters. The van der Waals surface area contributed by atoms with Crippen molar-refractivity contribution in [3.05, 3.63) is 0 Å². The van der Waals surface area contributed by atoms with Crippen molar-refractivity contribution in [1.82, 2.24) is 10.9 Å². The van der Waals surface area contributed by atoms with E-state index in [9.17, 15) is 14.1 Å². The molecular formula is C3H5FN2O2. The van der Waals surface area contributed by atoms with Gasteiger partial charge in [-0.1, -0.05) is 4.48 Å². The number of carbonyl (C=O) groups excluding carboxylic acids is 2. The third kappa shape index (κ3) is 3.08. The van der Waals surface area contributed by atoms with Gasteiger partial charge in [0, 0.05) is 6.92 Å². The lowest BCUT2D eigenvalue weighted by molar-refractivity contribution is -0.118. The Bertz CT molecular complexity index is 114. The molecule has 0 aliphatic rings. The Labute approximate surface area is 45.0 Å². The number of halogens is 1. The quantitative estimate of drug-likeness (QED) is 0.432. The highest BCUT2D eigenvalue weighted by atomic mass is 19.2. The first-order valence-electron chi connectivity index (χ1n) is 1.85. The van der Waals surface area contributed by atoms with E-state index in [1.807, 2.05) is 0 Å². The summed E-state index contributed by atoms with van der Waals surface area (Å²) in [6.07, 6.45) is 0. The maximum absolute atomic E-state index is 10.9. The molecule has 5 heteroatoms. The minimum atomic E-state index is -1.14. The van der Waals surface area contributed by atoms with Gasteiger partial charge >= 0.3 is 6.03 Å². The molecule has 46 valence electrons. The highest BCUT2D eigenvalue weighted by Gasteiger charge is 1.97. The van der Waals surface area contributed by atoms with Gasteiger partial charge in [-0.3, -0.25) is 10.1 Å². The van der Waals surface area contributed by atoms with Gasteiger partial charge < -0.3 is 0 Å². The molecule has 0 aromatic carbocycles. The number of hydrogen-bond donors (Lipinski definition) is 2. The summed E-state index contributed by atoms with van der Waals surface area (Å²) in [5.41, 5.74) is 0.725. The summed E-state index contributed by atoms with van der Waals surface area (Å²) in [7, 11) is 0. The van der Waals surface area contributed by atoms with E-state index in [0.717, 1.165) is 12.5 Å². The fourth-order valence-electron chi connectivity index (χ4n) is 0.184. The molecule has 0 radical (unpaired) electrons. The predicted octanol–water partition coefficient (Wildman–Crippen LogP) is -0.283. The average Bonchev–Trinajstić information content (AvgIpc) is 1.65. The zero-order valence-electron chi connectivity index (χ0n) is 4.19. The van der Waals surface area contributed by atoms with Crippen LogP contribution >= 0.6 is 0 Å². The maximum Gasteiger partial charge on any atom is 0.349 e. The number of urea groups is 1. The lowest BCUT2D eigenvalue weighted by atomic mass is 10.7. The lowest BCUT2D eigenvalue weighted by Gasteiger charge is -1.92. The third-order valence-corrected chi connectivity index (χ3v) is 0.375. The minimum absolute atomic E-state index is 0.597. The fraction of sp³-hybridized carbons (Fsp3) is 0.333. The second kappa shape index (κ2) is 2.95. The Morgan fingerprint density at radius 3 is 2.12 bits per heavy atom. The summed E-state index contributed by atoms with van der Waals surface area (Å²) >= 11 is 0. The summed E-state index contributed by atoms with van der Waals surface area (Å²) in [5.74, 6) is -0.597. The van der Waals surface area contributed by atoms with Crippen molar-refractivity contribution in [2.24, 2.45) is 0 Å². The molecular weight excluding hydrogens is 115 g/mol. The van der Waals surface area contributed by atoms with Crippen molar-refractivity contribution >= 4 is 11.9 Å². The molecule has 0 heterocycles. The predicted molar refractivity (Wildman–Crippen MR) is 23.5 cm³/mol. The Kier molecular flexibility index (Phi) is 2.53. The minimum Gasteiger partial charge on any atom is -0.276 e. The molecule has 2 N–H and O–H groups in total. The molecule has 0 saturated carbocycles. The zero-order chi connectivity index (χ0) is 6.57. The van der Waals surface area contributed by atoms with Crippen LogP contribution in [-0.4, -0.2) is 11.9 Å². The first-order valence-corrected chi connectivity index (χ1v) is 1.85. The smallest absolute Gasteiger partial charge is 0.276 e. The van der Waals surface area contributed by atoms with Gasteiger partial charge in [0.15, 0.2) is 0 Å². The number of amides is 3. The molecule has 8 heavy (non-hydrogen) atoms. The summed E-state index contributed by atoms with van der Waals surface area (Å²) in [6.45, 7) is 1.11. The van der Waals surface area contributed by atoms with Crippen LogP contribution in [0.2, 0.25) is 0 Å². The molecule has 0 atom stereocenters. The Balaban J connectivity index is 3.40. The van der Waals surface area contributed by atoms with Crippen LogP contribution in [0, 0.1) is 0 Å². The van der Waals surface area contributed by atoms with Gasteiger partial charge in [0.2, 0.25) is 5.91 Å². The average molecular weight is 120 g/mol. The summed E-state index contributed by atoms with van der Waals surface area (Å²) in [5, 5.41) is 1.63. The number of imide groups is 1. The zero-order valence-corrected chi connectivity index (χ0v) is 4.19. The molecule has 4 nitrogen and oxygen atoms in total. The largest absolute Gasteiger partial charge is 0.349 e. The molecule has 0 rings (SSSR count). The van der Waals surface area contributed by atoms with Crippen molar-refractivity contribution in [1.29, 1.82) is 0 Å². The number of rotatable bonds is 0. The second-order valence-corrected chi connectivity index (χ2v) is 1.10. The van der Waals surface area contributed by atoms with E-state index in [2.05, 4.69) is 0 Å². The summed E-state index contributed by atoms with van der Waals surface area (Å²) < 4.78 is 10.9. The van der Waals surface area contributed by atoms with Crippen LogP contribution in [0.4, 0.5) is 9.28 Å². The van der Waals surface area contributed by atoms with E-state index in [1.165, 1.54) is 0 Å². The Morgan fingerprint density at radius 1 is 1.50 bits per heavy atom. The molecule has 0 aromatic rings. The van der Waals surface area contributed by atoms with E-state index in [-0.39, 0.29) is 0 Å². The van der Waals surface area contributed by atoms with Crippen LogP contribution in [0.15, 0.2) is 0 Å². The normalized spacial score (nSPS) is 7.75. The van der Waals surface area contributed by atoms with Crippen molar-refractivity contribution in [3.8, 4) is 0 Å². The van der Waals surface area contributed by atoms with E-state index in [1.54, 1.807) is 5.32 Å². The van der Waals surface area contributed by atoms with Gasteiger partial charge in [-0.15, -0.1) is 0 Å². The lowest BCUT2D eigenvalue weighted by Crippen LogP contribution is -2.33. The van der Waals surface area contributed by atoms with E-state index >= 15 is 0 Å². The summed E-state index contributed by atoms with van der Waals surface area (Å²) in [6, 6.07) is -1.14. The molecule has 0 aliphatic carbocycles. The molecule has 0 aliphatic heterocycles. The molecule has 0 aromatic heterocycles. The van der Waals surface area contributed by atoms with Crippen LogP contribution in [0.1, 0.15) is 6.92 Å². The summed E-state index contributed by atoms with van der Waals surface area (Å²) in [4.78, 5) is 19.7. The molecule has 0 saturated heterocycles. The van der Waals surface area contributed by atoms with Gasteiger partial charge in [-0.25, -0.2) is 4.79 Å². The molecule has 0 fully saturated rings. The molecule has 3 amide bonds. The van der Waals surface area contributed by atoms with Crippen LogP contribution in [0.25, 0.3) is 0 Å². The monoisotopic (exact) mass is 120 g/mol. The number of carbonyl (C=O) groups is 2. The first-order chi connectivity index (χ1) is 3.66. The van der Waals surface area contributed by atoms with Gasteiger partial charge in [0.25, 0.3) is 0 Å². The number of nitrogens with one attached hydrogen (secondary N) is 2. The topological polar surface area (TPSA) is 58.2 Å². The van der Waals surface area contributed by atoms with Gasteiger partial charge in [-0.2, -0.15) is 5.54 Å². The van der Waals surface area contributed by atoms with Gasteiger partial charge in [0.1, 0.15) is 0 Å². The van der Waals surface area contributed by atoms with Crippen LogP contribution in [0.5, 0.6) is 0 Å². The Morgan fingerprint density at radius 2 is 2.00 bits per heavy atom. The van der Waals surface area contributed by atoms with Crippen molar-refractivity contribution < 1.29 is 14.1 Å². The van der Waals surface area contributed by atoms with Gasteiger partial charge in [0.05, 0.1) is 0 Å². The van der Waals surface area contributed by atoms with Crippen molar-refractivity contribution in [3.63, 3.8) is 0 Å². The number of hydrogen-bond acceptors (Lipinski definition) is 2. The van der Waals surface area contributed by atoms with Crippen molar-refractivity contribution in [2.75, 3.05) is 0 Å².